The lowest BCUT2D eigenvalue weighted by Crippen LogP contribution is -2.36. The molecule has 0 spiro atoms. The summed E-state index contributed by atoms with van der Waals surface area (Å²) in [5.74, 6) is 0.835. The third kappa shape index (κ3) is 3.92. The number of nitrogens with zero attached hydrogens (tertiary/aromatic N) is 1. The van der Waals surface area contributed by atoms with Crippen LogP contribution in [-0.4, -0.2) is 23.8 Å². The number of carbonyl (C=O) groups is 1. The fourth-order valence-corrected chi connectivity index (χ4v) is 6.11. The Morgan fingerprint density at radius 2 is 1.82 bits per heavy atom. The molecule has 0 N–H and O–H groups in total. The minimum Gasteiger partial charge on any atom is -0.299 e. The zero-order valence-corrected chi connectivity index (χ0v) is 17.9. The fraction of sp³-hybridized carbons (Fsp3) is 0.400. The molecule has 3 heteroatoms. The van der Waals surface area contributed by atoms with E-state index in [2.05, 4.69) is 67.3 Å². The first kappa shape index (κ1) is 19.4. The monoisotopic (exact) mass is 391 g/mol. The van der Waals surface area contributed by atoms with Crippen LogP contribution in [0, 0.1) is 19.8 Å². The quantitative estimate of drug-likeness (QED) is 0.523. The Hall–Kier alpha value is -1.97. The van der Waals surface area contributed by atoms with Gasteiger partial charge < -0.3 is 0 Å². The number of carbonyl (C=O) groups excluding carboxylic acids is 1. The van der Waals surface area contributed by atoms with Crippen LogP contribution in [-0.2, 0) is 11.3 Å². The number of piperidine rings is 1. The first-order chi connectivity index (χ1) is 13.5. The van der Waals surface area contributed by atoms with E-state index in [1.54, 1.807) is 6.92 Å². The first-order valence-corrected chi connectivity index (χ1v) is 11.1. The summed E-state index contributed by atoms with van der Waals surface area (Å²) in [7, 11) is 0. The third-order valence-electron chi connectivity index (χ3n) is 6.20. The number of Topliss-reactive ketones (excluding diaryl/α,β-unsaturated/α-hetero) is 1. The van der Waals surface area contributed by atoms with E-state index in [9.17, 15) is 4.79 Å². The largest absolute Gasteiger partial charge is 0.299 e. The molecule has 1 fully saturated rings. The van der Waals surface area contributed by atoms with Crippen LogP contribution < -0.4 is 0 Å². The van der Waals surface area contributed by atoms with Crippen LogP contribution in [0.4, 0.5) is 0 Å². The van der Waals surface area contributed by atoms with Crippen molar-refractivity contribution in [3.63, 3.8) is 0 Å². The molecule has 0 aliphatic carbocycles. The summed E-state index contributed by atoms with van der Waals surface area (Å²) in [6.07, 6.45) is 2.20. The minimum atomic E-state index is 0.0524. The van der Waals surface area contributed by atoms with Crippen LogP contribution in [0.25, 0.3) is 10.1 Å². The molecular formula is C25H29NOS. The second-order valence-electron chi connectivity index (χ2n) is 8.28. The van der Waals surface area contributed by atoms with Crippen molar-refractivity contribution < 1.29 is 4.79 Å². The maximum absolute atomic E-state index is 12.7. The van der Waals surface area contributed by atoms with Gasteiger partial charge in [-0.2, -0.15) is 0 Å². The predicted molar refractivity (Wildman–Crippen MR) is 119 cm³/mol. The van der Waals surface area contributed by atoms with E-state index in [0.717, 1.165) is 32.5 Å². The van der Waals surface area contributed by atoms with Gasteiger partial charge in [0.1, 0.15) is 5.78 Å². The molecule has 1 aliphatic heterocycles. The summed E-state index contributed by atoms with van der Waals surface area (Å²) < 4.78 is 1.31. The highest BCUT2D eigenvalue weighted by Gasteiger charge is 2.33. The molecule has 2 nitrogen and oxygen atoms in total. The highest BCUT2D eigenvalue weighted by Crippen LogP contribution is 2.42. The van der Waals surface area contributed by atoms with Crippen molar-refractivity contribution in [3.8, 4) is 0 Å². The van der Waals surface area contributed by atoms with E-state index in [4.69, 9.17) is 0 Å². The summed E-state index contributed by atoms with van der Waals surface area (Å²) in [5.41, 5.74) is 3.98. The van der Waals surface area contributed by atoms with Crippen molar-refractivity contribution >= 4 is 27.2 Å². The smallest absolute Gasteiger partial charge is 0.138 e. The summed E-state index contributed by atoms with van der Waals surface area (Å²) in [4.78, 5) is 16.5. The normalized spacial score (nSPS) is 17.1. The number of fused-ring (bicyclic) bond motifs is 1. The molecule has 28 heavy (non-hydrogen) atoms. The number of benzene rings is 2. The Kier molecular flexibility index (Phi) is 5.65. The molecule has 0 amide bonds. The molecule has 0 saturated carbocycles. The van der Waals surface area contributed by atoms with Gasteiger partial charge in [-0.25, -0.2) is 0 Å². The van der Waals surface area contributed by atoms with Crippen LogP contribution in [0.1, 0.15) is 47.3 Å². The lowest BCUT2D eigenvalue weighted by molar-refractivity contribution is -0.120. The molecule has 1 atom stereocenters. The lowest BCUT2D eigenvalue weighted by atomic mass is 9.80. The van der Waals surface area contributed by atoms with Crippen LogP contribution in [0.5, 0.6) is 0 Å². The molecule has 0 radical (unpaired) electrons. The Morgan fingerprint density at radius 1 is 1.11 bits per heavy atom. The van der Waals surface area contributed by atoms with E-state index < -0.39 is 0 Å². The number of thiophene rings is 1. The van der Waals surface area contributed by atoms with Gasteiger partial charge in [0.15, 0.2) is 0 Å². The molecule has 3 aromatic rings. The molecule has 1 unspecified atom stereocenters. The molecule has 2 heterocycles. The van der Waals surface area contributed by atoms with Crippen molar-refractivity contribution in [2.75, 3.05) is 13.1 Å². The van der Waals surface area contributed by atoms with E-state index >= 15 is 0 Å². The number of aryl methyl sites for hydroxylation is 2. The van der Waals surface area contributed by atoms with E-state index in [-0.39, 0.29) is 5.92 Å². The Morgan fingerprint density at radius 3 is 2.50 bits per heavy atom. The molecule has 1 aliphatic rings. The van der Waals surface area contributed by atoms with Gasteiger partial charge in [-0.15, -0.1) is 11.3 Å². The maximum Gasteiger partial charge on any atom is 0.138 e. The Balaban J connectivity index is 1.52. The molecule has 146 valence electrons. The average Bonchev–Trinajstić information content (AvgIpc) is 3.00. The summed E-state index contributed by atoms with van der Waals surface area (Å²) in [6.45, 7) is 9.30. The number of ketones is 1. The molecule has 2 aromatic carbocycles. The summed E-state index contributed by atoms with van der Waals surface area (Å²) in [6, 6.07) is 17.4. The van der Waals surface area contributed by atoms with Gasteiger partial charge in [-0.3, -0.25) is 9.69 Å². The van der Waals surface area contributed by atoms with Crippen LogP contribution >= 0.6 is 11.3 Å². The van der Waals surface area contributed by atoms with Crippen molar-refractivity contribution in [1.82, 2.24) is 4.90 Å². The van der Waals surface area contributed by atoms with Gasteiger partial charge in [0.25, 0.3) is 0 Å². The van der Waals surface area contributed by atoms with E-state index in [0.29, 0.717) is 11.7 Å². The molecule has 1 aromatic heterocycles. The lowest BCUT2D eigenvalue weighted by Gasteiger charge is -2.35. The van der Waals surface area contributed by atoms with Crippen molar-refractivity contribution in [3.05, 3.63) is 70.1 Å². The summed E-state index contributed by atoms with van der Waals surface area (Å²) in [5, 5.41) is 1.33. The number of hydrogen-bond acceptors (Lipinski definition) is 3. The van der Waals surface area contributed by atoms with Gasteiger partial charge in [0.2, 0.25) is 0 Å². The van der Waals surface area contributed by atoms with Gasteiger partial charge in [-0.1, -0.05) is 48.0 Å². The highest BCUT2D eigenvalue weighted by molar-refractivity contribution is 7.19. The van der Waals surface area contributed by atoms with E-state index in [1.807, 2.05) is 11.3 Å². The number of likely N-dealkylation sites (tertiary alicyclic amines) is 1. The summed E-state index contributed by atoms with van der Waals surface area (Å²) >= 11 is 1.83. The van der Waals surface area contributed by atoms with Gasteiger partial charge >= 0.3 is 0 Å². The minimum absolute atomic E-state index is 0.0524. The van der Waals surface area contributed by atoms with Gasteiger partial charge in [0.05, 0.1) is 5.92 Å². The van der Waals surface area contributed by atoms with E-state index in [1.165, 1.54) is 31.7 Å². The average molecular weight is 392 g/mol. The highest BCUT2D eigenvalue weighted by atomic mass is 32.1. The van der Waals surface area contributed by atoms with Gasteiger partial charge in [0, 0.05) is 16.1 Å². The van der Waals surface area contributed by atoms with Crippen LogP contribution in [0.2, 0.25) is 0 Å². The van der Waals surface area contributed by atoms with Gasteiger partial charge in [-0.05, 0) is 75.2 Å². The van der Waals surface area contributed by atoms with Crippen LogP contribution in [0.3, 0.4) is 0 Å². The standard InChI is InChI=1S/C25H29NOS/c1-17-9-10-23-22(15-17)18(2)25(28-23)24(19(3)27)21-11-13-26(14-12-21)16-20-7-5-4-6-8-20/h4-10,15,21,24H,11-14,16H2,1-3H3. The second-order valence-corrected chi connectivity index (χ2v) is 9.36. The van der Waals surface area contributed by atoms with Crippen LogP contribution in [0.15, 0.2) is 48.5 Å². The third-order valence-corrected chi connectivity index (χ3v) is 7.56. The topological polar surface area (TPSA) is 20.3 Å². The predicted octanol–water partition coefficient (Wildman–Crippen LogP) is 6.10. The maximum atomic E-state index is 12.7. The molecule has 1 saturated heterocycles. The van der Waals surface area contributed by atoms with Crippen molar-refractivity contribution in [2.24, 2.45) is 5.92 Å². The number of rotatable bonds is 5. The fourth-order valence-electron chi connectivity index (χ4n) is 4.67. The molecule has 4 rings (SSSR count). The first-order valence-electron chi connectivity index (χ1n) is 10.3. The zero-order chi connectivity index (χ0) is 19.7. The SMILES string of the molecule is CC(=O)C(c1sc2ccc(C)cc2c1C)C1CCN(Cc2ccccc2)CC1. The Labute approximate surface area is 172 Å². The zero-order valence-electron chi connectivity index (χ0n) is 17.1. The van der Waals surface area contributed by atoms with Crippen molar-refractivity contribution in [2.45, 2.75) is 46.1 Å². The molecular weight excluding hydrogens is 362 g/mol. The molecule has 0 bridgehead atoms. The Bertz CT molecular complexity index is 967. The number of hydrogen-bond donors (Lipinski definition) is 0. The van der Waals surface area contributed by atoms with Crippen molar-refractivity contribution in [1.29, 1.82) is 0 Å². The second kappa shape index (κ2) is 8.18.